The number of nitrogens with two attached hydrogens (primary N) is 1. The molecule has 3 unspecified atom stereocenters. The minimum Gasteiger partial charge on any atom is -0.378 e. The number of hydrogen-bond donors (Lipinski definition) is 2. The number of hydrogen-bond acceptors (Lipinski definition) is 4. The molecule has 2 heterocycles. The number of fused-ring (bicyclic) bond motifs is 1. The van der Waals surface area contributed by atoms with E-state index in [0.717, 1.165) is 18.4 Å². The van der Waals surface area contributed by atoms with Crippen LogP contribution in [-0.4, -0.2) is 17.7 Å². The van der Waals surface area contributed by atoms with Gasteiger partial charge >= 0.3 is 0 Å². The Labute approximate surface area is 112 Å². The standard InChI is InChI=1S/C15H19N3O/c1-10-12(6-8-19-10)15(18-16)13-4-2-3-11-5-7-17-9-14(11)13/h2-5,7,9-10,12,15,18H,6,8,16H2,1H3. The van der Waals surface area contributed by atoms with Gasteiger partial charge in [0.15, 0.2) is 0 Å². The minimum absolute atomic E-state index is 0.102. The second-order valence-corrected chi connectivity index (χ2v) is 5.12. The summed E-state index contributed by atoms with van der Waals surface area (Å²) in [6.45, 7) is 2.93. The van der Waals surface area contributed by atoms with E-state index in [-0.39, 0.29) is 12.1 Å². The van der Waals surface area contributed by atoms with Gasteiger partial charge in [0.25, 0.3) is 0 Å². The molecule has 1 aliphatic rings. The van der Waals surface area contributed by atoms with Gasteiger partial charge in [-0.3, -0.25) is 16.3 Å². The van der Waals surface area contributed by atoms with Crippen molar-refractivity contribution in [2.45, 2.75) is 25.5 Å². The van der Waals surface area contributed by atoms with Gasteiger partial charge in [-0.15, -0.1) is 0 Å². The topological polar surface area (TPSA) is 60.2 Å². The fourth-order valence-electron chi connectivity index (χ4n) is 3.04. The third kappa shape index (κ3) is 2.23. The third-order valence-electron chi connectivity index (χ3n) is 4.10. The van der Waals surface area contributed by atoms with Crippen LogP contribution in [0.15, 0.2) is 36.7 Å². The number of pyridine rings is 1. The van der Waals surface area contributed by atoms with Crippen LogP contribution in [0.4, 0.5) is 0 Å². The summed E-state index contributed by atoms with van der Waals surface area (Å²) >= 11 is 0. The van der Waals surface area contributed by atoms with Crippen LogP contribution >= 0.6 is 0 Å². The normalized spacial score (nSPS) is 24.7. The van der Waals surface area contributed by atoms with Gasteiger partial charge in [-0.25, -0.2) is 0 Å². The van der Waals surface area contributed by atoms with E-state index in [1.54, 1.807) is 0 Å². The first-order chi connectivity index (χ1) is 9.31. The molecule has 1 aromatic heterocycles. The van der Waals surface area contributed by atoms with Gasteiger partial charge in [0.2, 0.25) is 0 Å². The zero-order chi connectivity index (χ0) is 13.2. The quantitative estimate of drug-likeness (QED) is 0.653. The second-order valence-electron chi connectivity index (χ2n) is 5.12. The molecule has 4 nitrogen and oxygen atoms in total. The maximum atomic E-state index is 5.81. The zero-order valence-corrected chi connectivity index (χ0v) is 11.0. The number of nitrogens with zero attached hydrogens (tertiary/aromatic N) is 1. The summed E-state index contributed by atoms with van der Waals surface area (Å²) in [6.07, 6.45) is 4.99. The predicted octanol–water partition coefficient (Wildman–Crippen LogP) is 2.16. The molecule has 3 atom stereocenters. The molecule has 1 aliphatic heterocycles. The van der Waals surface area contributed by atoms with Gasteiger partial charge in [0.1, 0.15) is 0 Å². The van der Waals surface area contributed by atoms with Crippen molar-refractivity contribution in [3.63, 3.8) is 0 Å². The highest BCUT2D eigenvalue weighted by atomic mass is 16.5. The van der Waals surface area contributed by atoms with Crippen molar-refractivity contribution < 1.29 is 4.74 Å². The molecule has 4 heteroatoms. The van der Waals surface area contributed by atoms with E-state index in [1.165, 1.54) is 10.9 Å². The van der Waals surface area contributed by atoms with Crippen LogP contribution < -0.4 is 11.3 Å². The Hall–Kier alpha value is -1.49. The SMILES string of the molecule is CC1OCCC1C(NN)c1cccc2ccncc12. The molecule has 0 saturated carbocycles. The van der Waals surface area contributed by atoms with Gasteiger partial charge in [0, 0.05) is 30.3 Å². The second kappa shape index (κ2) is 5.25. The van der Waals surface area contributed by atoms with Crippen LogP contribution in [0.1, 0.15) is 24.9 Å². The molecule has 0 spiro atoms. The monoisotopic (exact) mass is 257 g/mol. The fourth-order valence-corrected chi connectivity index (χ4v) is 3.04. The Bertz CT molecular complexity index is 567. The smallest absolute Gasteiger partial charge is 0.0594 e. The molecule has 1 fully saturated rings. The van der Waals surface area contributed by atoms with Gasteiger partial charge in [0.05, 0.1) is 12.1 Å². The molecule has 3 N–H and O–H groups in total. The summed E-state index contributed by atoms with van der Waals surface area (Å²) in [5.41, 5.74) is 4.18. The van der Waals surface area contributed by atoms with Crippen molar-refractivity contribution in [2.24, 2.45) is 11.8 Å². The van der Waals surface area contributed by atoms with Crippen molar-refractivity contribution in [1.29, 1.82) is 0 Å². The van der Waals surface area contributed by atoms with Crippen LogP contribution in [0.3, 0.4) is 0 Å². The van der Waals surface area contributed by atoms with E-state index in [4.69, 9.17) is 10.6 Å². The van der Waals surface area contributed by atoms with E-state index >= 15 is 0 Å². The summed E-state index contributed by atoms with van der Waals surface area (Å²) in [5, 5.41) is 2.35. The number of aromatic nitrogens is 1. The van der Waals surface area contributed by atoms with E-state index < -0.39 is 0 Å². The van der Waals surface area contributed by atoms with Crippen LogP contribution in [0.2, 0.25) is 0 Å². The lowest BCUT2D eigenvalue weighted by Crippen LogP contribution is -2.36. The van der Waals surface area contributed by atoms with Crippen LogP contribution in [0.5, 0.6) is 0 Å². The van der Waals surface area contributed by atoms with Crippen molar-refractivity contribution in [3.8, 4) is 0 Å². The molecular formula is C15H19N3O. The Morgan fingerprint density at radius 3 is 3.05 bits per heavy atom. The Balaban J connectivity index is 2.06. The van der Waals surface area contributed by atoms with Crippen LogP contribution in [0.25, 0.3) is 10.8 Å². The van der Waals surface area contributed by atoms with E-state index in [0.29, 0.717) is 5.92 Å². The van der Waals surface area contributed by atoms with E-state index in [9.17, 15) is 0 Å². The number of rotatable bonds is 3. The van der Waals surface area contributed by atoms with E-state index in [2.05, 4.69) is 35.5 Å². The Kier molecular flexibility index (Phi) is 3.46. The lowest BCUT2D eigenvalue weighted by atomic mass is 9.87. The summed E-state index contributed by atoms with van der Waals surface area (Å²) in [5.74, 6) is 6.21. The number of nitrogens with one attached hydrogen (secondary N) is 1. The van der Waals surface area contributed by atoms with Crippen LogP contribution in [-0.2, 0) is 4.74 Å². The summed E-state index contributed by atoms with van der Waals surface area (Å²) in [4.78, 5) is 4.24. The maximum Gasteiger partial charge on any atom is 0.0594 e. The highest BCUT2D eigenvalue weighted by Gasteiger charge is 2.32. The third-order valence-corrected chi connectivity index (χ3v) is 4.10. The molecule has 2 aromatic rings. The van der Waals surface area contributed by atoms with Crippen LogP contribution in [0, 0.1) is 5.92 Å². The molecule has 0 aliphatic carbocycles. The first-order valence-corrected chi connectivity index (χ1v) is 6.71. The van der Waals surface area contributed by atoms with E-state index in [1.807, 2.05) is 18.5 Å². The highest BCUT2D eigenvalue weighted by molar-refractivity contribution is 5.85. The van der Waals surface area contributed by atoms with Gasteiger partial charge < -0.3 is 4.74 Å². The molecular weight excluding hydrogens is 238 g/mol. The largest absolute Gasteiger partial charge is 0.378 e. The van der Waals surface area contributed by atoms with Crippen molar-refractivity contribution in [3.05, 3.63) is 42.2 Å². The lowest BCUT2D eigenvalue weighted by molar-refractivity contribution is 0.0955. The Morgan fingerprint density at radius 2 is 2.32 bits per heavy atom. The predicted molar refractivity (Wildman–Crippen MR) is 75.3 cm³/mol. The zero-order valence-electron chi connectivity index (χ0n) is 11.0. The fraction of sp³-hybridized carbons (Fsp3) is 0.400. The number of ether oxygens (including phenoxy) is 1. The molecule has 1 saturated heterocycles. The Morgan fingerprint density at radius 1 is 1.42 bits per heavy atom. The first-order valence-electron chi connectivity index (χ1n) is 6.71. The molecule has 19 heavy (non-hydrogen) atoms. The highest BCUT2D eigenvalue weighted by Crippen LogP contribution is 2.35. The lowest BCUT2D eigenvalue weighted by Gasteiger charge is -2.26. The molecule has 100 valence electrons. The summed E-state index contributed by atoms with van der Waals surface area (Å²) in [6, 6.07) is 8.43. The van der Waals surface area contributed by atoms with Crippen molar-refractivity contribution in [1.82, 2.24) is 10.4 Å². The summed E-state index contributed by atoms with van der Waals surface area (Å²) < 4.78 is 5.67. The molecule has 3 rings (SSSR count). The molecule has 0 radical (unpaired) electrons. The van der Waals surface area contributed by atoms with Crippen molar-refractivity contribution in [2.75, 3.05) is 6.61 Å². The maximum absolute atomic E-state index is 5.81. The molecule has 0 bridgehead atoms. The van der Waals surface area contributed by atoms with Gasteiger partial charge in [-0.1, -0.05) is 18.2 Å². The average molecular weight is 257 g/mol. The van der Waals surface area contributed by atoms with Gasteiger partial charge in [-0.2, -0.15) is 0 Å². The minimum atomic E-state index is 0.102. The number of hydrazine groups is 1. The molecule has 1 aromatic carbocycles. The number of benzene rings is 1. The average Bonchev–Trinajstić information content (AvgIpc) is 2.86. The molecule has 0 amide bonds. The summed E-state index contributed by atoms with van der Waals surface area (Å²) in [7, 11) is 0. The first kappa shape index (κ1) is 12.5. The van der Waals surface area contributed by atoms with Crippen molar-refractivity contribution >= 4 is 10.8 Å². The van der Waals surface area contributed by atoms with Gasteiger partial charge in [-0.05, 0) is 30.4 Å².